The summed E-state index contributed by atoms with van der Waals surface area (Å²) >= 11 is 6.87. The number of ether oxygens (including phenoxy) is 1. The van der Waals surface area contributed by atoms with Crippen molar-refractivity contribution in [1.82, 2.24) is 0 Å². The standard InChI is InChI=1S/C19H19NOS.CH3.ClH.Zn/c1-19(13-20,16-10-4-5-12-18(16)22)21-17-11-6-8-14-7-2-3-9-15(14)17;;;/h2-11H,12-13,20H2,1H3;1H3;1H;/q;;;+1/p-1. The van der Waals surface area contributed by atoms with Crippen LogP contribution in [0.5, 0.6) is 5.75 Å². The molecule has 5 heteroatoms. The Morgan fingerprint density at radius 1 is 1.16 bits per heavy atom. The summed E-state index contributed by atoms with van der Waals surface area (Å²) in [6.07, 6.45) is 6.87. The van der Waals surface area contributed by atoms with Crippen molar-refractivity contribution in [2.75, 3.05) is 6.54 Å². The largest absolute Gasteiger partial charge is 1.00 e. The molecule has 25 heavy (non-hydrogen) atoms. The predicted molar refractivity (Wildman–Crippen MR) is 102 cm³/mol. The fourth-order valence-electron chi connectivity index (χ4n) is 2.75. The molecule has 1 atom stereocenters. The molecule has 2 nitrogen and oxygen atoms in total. The van der Waals surface area contributed by atoms with Gasteiger partial charge in [-0.3, -0.25) is 0 Å². The van der Waals surface area contributed by atoms with Crippen molar-refractivity contribution >= 4 is 27.9 Å². The van der Waals surface area contributed by atoms with Gasteiger partial charge >= 0.3 is 23.8 Å². The third-order valence-electron chi connectivity index (χ3n) is 4.05. The van der Waals surface area contributed by atoms with Gasteiger partial charge in [-0.1, -0.05) is 66.8 Å². The van der Waals surface area contributed by atoms with Crippen molar-refractivity contribution in [3.8, 4) is 5.75 Å². The second-order valence-electron chi connectivity index (χ2n) is 5.65. The van der Waals surface area contributed by atoms with E-state index in [4.69, 9.17) is 22.7 Å². The smallest absolute Gasteiger partial charge is 1.00 e. The van der Waals surface area contributed by atoms with Gasteiger partial charge in [0.15, 0.2) is 0 Å². The number of hydrogen-bond acceptors (Lipinski definition) is 3. The van der Waals surface area contributed by atoms with Crippen molar-refractivity contribution in [1.29, 1.82) is 0 Å². The molecule has 2 N–H and O–H groups in total. The molecule has 0 aliphatic heterocycles. The van der Waals surface area contributed by atoms with Gasteiger partial charge in [0.25, 0.3) is 0 Å². The molecule has 128 valence electrons. The van der Waals surface area contributed by atoms with Gasteiger partial charge in [0.1, 0.15) is 11.4 Å². The third-order valence-corrected chi connectivity index (χ3v) is 4.43. The molecule has 0 aromatic heterocycles. The molecule has 1 unspecified atom stereocenters. The Bertz CT molecular complexity index is 785. The van der Waals surface area contributed by atoms with Crippen LogP contribution < -0.4 is 22.9 Å². The van der Waals surface area contributed by atoms with Gasteiger partial charge < -0.3 is 22.9 Å². The maximum atomic E-state index is 6.36. The summed E-state index contributed by atoms with van der Waals surface area (Å²) in [6.45, 7) is 2.38. The van der Waals surface area contributed by atoms with Crippen LogP contribution in [0.4, 0.5) is 0 Å². The van der Waals surface area contributed by atoms with Crippen LogP contribution in [-0.2, 0) is 18.3 Å². The van der Waals surface area contributed by atoms with Gasteiger partial charge in [-0.25, -0.2) is 0 Å². The Kier molecular flexibility index (Phi) is 8.95. The zero-order valence-corrected chi connectivity index (χ0v) is 19.2. The van der Waals surface area contributed by atoms with Crippen LogP contribution in [0.2, 0.25) is 5.52 Å². The molecule has 0 bridgehead atoms. The molecule has 0 heterocycles. The first-order valence-corrected chi connectivity index (χ1v) is 11.5. The minimum absolute atomic E-state index is 0. The maximum Gasteiger partial charge on any atom is -1.00 e. The van der Waals surface area contributed by atoms with Gasteiger partial charge in [-0.15, -0.1) is 0 Å². The maximum absolute atomic E-state index is 6.36. The first-order valence-electron chi connectivity index (χ1n) is 8.12. The van der Waals surface area contributed by atoms with Gasteiger partial charge in [-0.05, 0) is 18.4 Å². The molecular formula is C20H22ClNOSZn. The van der Waals surface area contributed by atoms with Gasteiger partial charge in [0, 0.05) is 28.8 Å². The number of hydrogen-bond donors (Lipinski definition) is 1. The van der Waals surface area contributed by atoms with E-state index >= 15 is 0 Å². The van der Waals surface area contributed by atoms with E-state index in [1.54, 1.807) is 0 Å². The number of thiocarbonyl (C=S) groups is 1. The second-order valence-corrected chi connectivity index (χ2v) is 6.14. The van der Waals surface area contributed by atoms with E-state index in [2.05, 4.69) is 29.8 Å². The summed E-state index contributed by atoms with van der Waals surface area (Å²) in [5.74, 6) is 0.837. The van der Waals surface area contributed by atoms with Crippen molar-refractivity contribution in [2.24, 2.45) is 5.73 Å². The zero-order chi connectivity index (χ0) is 17.6. The molecule has 2 aromatic rings. The number of rotatable bonds is 4. The summed E-state index contributed by atoms with van der Waals surface area (Å²) in [5, 5.41) is 2.24. The predicted octanol–water partition coefficient (Wildman–Crippen LogP) is 1.78. The summed E-state index contributed by atoms with van der Waals surface area (Å²) < 4.78 is 6.36. The summed E-state index contributed by atoms with van der Waals surface area (Å²) in [4.78, 5) is 0.899. The molecule has 0 saturated carbocycles. The van der Waals surface area contributed by atoms with Crippen LogP contribution in [0.25, 0.3) is 10.8 Å². The van der Waals surface area contributed by atoms with Crippen LogP contribution in [0.15, 0.2) is 66.3 Å². The average molecular weight is 425 g/mol. The molecule has 0 fully saturated rings. The van der Waals surface area contributed by atoms with E-state index in [9.17, 15) is 0 Å². The fraction of sp³-hybridized carbons (Fsp3) is 0.250. The Hall–Kier alpha value is -1.06. The van der Waals surface area contributed by atoms with E-state index in [1.165, 1.54) is 18.3 Å². The average Bonchev–Trinajstić information content (AvgIpc) is 2.64. The first-order chi connectivity index (χ1) is 11.6. The Balaban J connectivity index is 0.00000101. The van der Waals surface area contributed by atoms with Crippen LogP contribution in [0.3, 0.4) is 0 Å². The summed E-state index contributed by atoms with van der Waals surface area (Å²) in [7, 11) is 0. The number of fused-ring (bicyclic) bond motifs is 1. The third kappa shape index (κ3) is 4.98. The Labute approximate surface area is 171 Å². The van der Waals surface area contributed by atoms with Crippen molar-refractivity contribution in [2.45, 2.75) is 24.5 Å². The van der Waals surface area contributed by atoms with Crippen LogP contribution >= 0.6 is 12.2 Å². The van der Waals surface area contributed by atoms with Gasteiger partial charge in [-0.2, -0.15) is 0 Å². The van der Waals surface area contributed by atoms with E-state index in [1.807, 2.05) is 43.3 Å². The first kappa shape index (κ1) is 22.0. The molecular weight excluding hydrogens is 403 g/mol. The fourth-order valence-corrected chi connectivity index (χ4v) is 3.13. The van der Waals surface area contributed by atoms with Crippen LogP contribution in [0, 0.1) is 0 Å². The Morgan fingerprint density at radius 3 is 2.52 bits per heavy atom. The number of allylic oxidation sites excluding steroid dienone is 3. The van der Waals surface area contributed by atoms with Crippen molar-refractivity contribution in [3.63, 3.8) is 0 Å². The molecule has 0 radical (unpaired) electrons. The van der Waals surface area contributed by atoms with E-state index in [0.717, 1.165) is 33.4 Å². The van der Waals surface area contributed by atoms with Gasteiger partial charge in [0.05, 0.1) is 0 Å². The van der Waals surface area contributed by atoms with E-state index < -0.39 is 5.60 Å². The minimum Gasteiger partial charge on any atom is -1.00 e. The van der Waals surface area contributed by atoms with Crippen molar-refractivity contribution < 1.29 is 35.4 Å². The topological polar surface area (TPSA) is 35.2 Å². The number of nitrogens with two attached hydrogens (primary N) is 1. The molecule has 1 aliphatic rings. The quantitative estimate of drug-likeness (QED) is 0.600. The van der Waals surface area contributed by atoms with Crippen LogP contribution in [0.1, 0.15) is 13.3 Å². The molecule has 0 spiro atoms. The summed E-state index contributed by atoms with van der Waals surface area (Å²) in [5.41, 5.74) is 8.55. The number of halogens is 1. The molecule has 3 rings (SSSR count). The van der Waals surface area contributed by atoms with E-state index in [0.29, 0.717) is 6.54 Å². The number of benzene rings is 2. The Morgan fingerprint density at radius 2 is 1.84 bits per heavy atom. The zero-order valence-electron chi connectivity index (χ0n) is 14.7. The van der Waals surface area contributed by atoms with Gasteiger partial charge in [0.2, 0.25) is 0 Å². The minimum atomic E-state index is -0.619. The molecule has 0 saturated heterocycles. The summed E-state index contributed by atoms with van der Waals surface area (Å²) in [6, 6.07) is 14.3. The molecule has 0 amide bonds. The van der Waals surface area contributed by atoms with Crippen LogP contribution in [-0.4, -0.2) is 17.0 Å². The molecule has 2 aromatic carbocycles. The monoisotopic (exact) mass is 423 g/mol. The van der Waals surface area contributed by atoms with Crippen molar-refractivity contribution in [3.05, 3.63) is 66.3 Å². The normalized spacial score (nSPS) is 15.4. The van der Waals surface area contributed by atoms with E-state index in [-0.39, 0.29) is 12.4 Å². The SMILES string of the molecule is CC(CN)(Oc1cccc2ccccc12)C1=CC=CCC1=S.[CH3][Zn+].[Cl-]. The molecule has 1 aliphatic carbocycles. The second kappa shape index (κ2) is 10.2.